The first-order valence-electron chi connectivity index (χ1n) is 7.47. The number of rotatable bonds is 3. The Bertz CT molecular complexity index is 643. The number of nitrogens with zero attached hydrogens (tertiary/aromatic N) is 4. The second kappa shape index (κ2) is 6.08. The molecule has 1 amide bonds. The number of aromatic nitrogens is 2. The number of hydrogen-bond donors (Lipinski definition) is 0. The van der Waals surface area contributed by atoms with E-state index < -0.39 is 0 Å². The highest BCUT2D eigenvalue weighted by Crippen LogP contribution is 2.25. The summed E-state index contributed by atoms with van der Waals surface area (Å²) in [5, 5.41) is 6.97. The summed E-state index contributed by atoms with van der Waals surface area (Å²) in [6.45, 7) is 8.85. The lowest BCUT2D eigenvalue weighted by Crippen LogP contribution is -2.49. The lowest BCUT2D eigenvalue weighted by atomic mass is 10.0. The maximum Gasteiger partial charge on any atom is 0.259 e. The fourth-order valence-corrected chi connectivity index (χ4v) is 3.37. The van der Waals surface area contributed by atoms with Crippen LogP contribution < -0.4 is 4.90 Å². The third-order valence-electron chi connectivity index (χ3n) is 3.88. The van der Waals surface area contributed by atoms with E-state index in [4.69, 9.17) is 4.52 Å². The summed E-state index contributed by atoms with van der Waals surface area (Å²) >= 11 is 1.63. The van der Waals surface area contributed by atoms with Gasteiger partial charge in [-0.25, -0.2) is 4.98 Å². The van der Waals surface area contributed by atoms with E-state index in [0.717, 1.165) is 18.2 Å². The second-order valence-electron chi connectivity index (χ2n) is 5.76. The number of carbonyl (C=O) groups is 1. The van der Waals surface area contributed by atoms with Crippen LogP contribution >= 0.6 is 11.3 Å². The average Bonchev–Trinajstić information content (AvgIpc) is 3.16. The first kappa shape index (κ1) is 15.0. The third-order valence-corrected chi connectivity index (χ3v) is 4.72. The number of hydrogen-bond acceptors (Lipinski definition) is 6. The molecule has 3 heterocycles. The van der Waals surface area contributed by atoms with Gasteiger partial charge in [-0.1, -0.05) is 19.0 Å². The van der Waals surface area contributed by atoms with Crippen molar-refractivity contribution < 1.29 is 9.32 Å². The fourth-order valence-electron chi connectivity index (χ4n) is 2.67. The normalized spacial score (nSPS) is 15.6. The standard InChI is InChI=1S/C15H20N4O2S/c1-10(2)13-12(11(3)17-21-13)14(20)18-5-7-19(8-6-18)15-16-4-9-22-15/h4,9-10H,5-8H2,1-3H3. The zero-order chi connectivity index (χ0) is 15.7. The van der Waals surface area contributed by atoms with Gasteiger partial charge in [-0.15, -0.1) is 11.3 Å². The Morgan fingerprint density at radius 2 is 2.05 bits per heavy atom. The molecule has 118 valence electrons. The second-order valence-corrected chi connectivity index (χ2v) is 6.63. The molecule has 0 bridgehead atoms. The van der Waals surface area contributed by atoms with Crippen LogP contribution in [0.15, 0.2) is 16.1 Å². The van der Waals surface area contributed by atoms with Gasteiger partial charge in [0.2, 0.25) is 0 Å². The summed E-state index contributed by atoms with van der Waals surface area (Å²) in [7, 11) is 0. The van der Waals surface area contributed by atoms with Crippen LogP contribution in [0.5, 0.6) is 0 Å². The molecule has 7 heteroatoms. The van der Waals surface area contributed by atoms with E-state index in [1.165, 1.54) is 0 Å². The molecule has 6 nitrogen and oxygen atoms in total. The topological polar surface area (TPSA) is 62.5 Å². The van der Waals surface area contributed by atoms with Crippen LogP contribution in [0, 0.1) is 6.92 Å². The maximum absolute atomic E-state index is 12.8. The van der Waals surface area contributed by atoms with E-state index in [-0.39, 0.29) is 11.8 Å². The molecule has 1 aliphatic heterocycles. The molecule has 0 aliphatic carbocycles. The molecular weight excluding hydrogens is 300 g/mol. The highest BCUT2D eigenvalue weighted by atomic mass is 32.1. The summed E-state index contributed by atoms with van der Waals surface area (Å²) < 4.78 is 5.33. The van der Waals surface area contributed by atoms with Crippen LogP contribution in [0.1, 0.15) is 41.6 Å². The zero-order valence-corrected chi connectivity index (χ0v) is 13.9. The number of aryl methyl sites for hydroxylation is 1. The molecule has 0 aromatic carbocycles. The van der Waals surface area contributed by atoms with Gasteiger partial charge in [0.1, 0.15) is 5.56 Å². The Kier molecular flexibility index (Phi) is 4.15. The Morgan fingerprint density at radius 1 is 1.32 bits per heavy atom. The molecule has 2 aromatic rings. The Hall–Kier alpha value is -1.89. The van der Waals surface area contributed by atoms with Gasteiger partial charge in [-0.05, 0) is 6.92 Å². The van der Waals surface area contributed by atoms with Gasteiger partial charge in [0.25, 0.3) is 5.91 Å². The quantitative estimate of drug-likeness (QED) is 0.869. The van der Waals surface area contributed by atoms with E-state index >= 15 is 0 Å². The van der Waals surface area contributed by atoms with E-state index in [1.807, 2.05) is 37.2 Å². The van der Waals surface area contributed by atoms with Gasteiger partial charge in [-0.2, -0.15) is 0 Å². The summed E-state index contributed by atoms with van der Waals surface area (Å²) in [5.41, 5.74) is 1.31. The van der Waals surface area contributed by atoms with Gasteiger partial charge in [0.15, 0.2) is 10.9 Å². The van der Waals surface area contributed by atoms with Crippen molar-refractivity contribution in [3.8, 4) is 0 Å². The van der Waals surface area contributed by atoms with Crippen molar-refractivity contribution >= 4 is 22.4 Å². The van der Waals surface area contributed by atoms with E-state index in [2.05, 4.69) is 15.0 Å². The van der Waals surface area contributed by atoms with Gasteiger partial charge in [0.05, 0.1) is 5.69 Å². The smallest absolute Gasteiger partial charge is 0.259 e. The van der Waals surface area contributed by atoms with Crippen molar-refractivity contribution in [1.82, 2.24) is 15.0 Å². The zero-order valence-electron chi connectivity index (χ0n) is 13.1. The first-order chi connectivity index (χ1) is 10.6. The number of piperazine rings is 1. The molecule has 2 aromatic heterocycles. The van der Waals surface area contributed by atoms with Crippen LogP contribution in [-0.4, -0.2) is 47.1 Å². The number of thiazole rings is 1. The Balaban J connectivity index is 1.71. The summed E-state index contributed by atoms with van der Waals surface area (Å²) in [4.78, 5) is 21.2. The third kappa shape index (κ3) is 2.72. The van der Waals surface area contributed by atoms with E-state index in [0.29, 0.717) is 30.1 Å². The molecule has 0 spiro atoms. The Morgan fingerprint density at radius 3 is 2.64 bits per heavy atom. The minimum absolute atomic E-state index is 0.0289. The predicted octanol–water partition coefficient (Wildman–Crippen LogP) is 2.53. The number of amides is 1. The van der Waals surface area contributed by atoms with Gasteiger partial charge in [-0.3, -0.25) is 4.79 Å². The molecular formula is C15H20N4O2S. The lowest BCUT2D eigenvalue weighted by molar-refractivity contribution is 0.0743. The molecule has 0 atom stereocenters. The maximum atomic E-state index is 12.8. The highest BCUT2D eigenvalue weighted by molar-refractivity contribution is 7.13. The monoisotopic (exact) mass is 320 g/mol. The summed E-state index contributed by atoms with van der Waals surface area (Å²) in [6, 6.07) is 0. The molecule has 0 radical (unpaired) electrons. The molecule has 0 unspecified atom stereocenters. The fraction of sp³-hybridized carbons (Fsp3) is 0.533. The van der Waals surface area contributed by atoms with Crippen LogP contribution in [0.4, 0.5) is 5.13 Å². The summed E-state index contributed by atoms with van der Waals surface area (Å²) in [5.74, 6) is 0.864. The minimum atomic E-state index is 0.0289. The van der Waals surface area contributed by atoms with Gasteiger partial charge < -0.3 is 14.3 Å². The molecule has 0 N–H and O–H groups in total. The predicted molar refractivity (Wildman–Crippen MR) is 85.6 cm³/mol. The van der Waals surface area contributed by atoms with Crippen molar-refractivity contribution in [3.63, 3.8) is 0 Å². The van der Waals surface area contributed by atoms with Gasteiger partial charge in [0, 0.05) is 43.7 Å². The number of anilines is 1. The SMILES string of the molecule is Cc1noc(C(C)C)c1C(=O)N1CCN(c2nccs2)CC1. The molecule has 0 saturated carbocycles. The molecule has 22 heavy (non-hydrogen) atoms. The minimum Gasteiger partial charge on any atom is -0.360 e. The first-order valence-corrected chi connectivity index (χ1v) is 8.35. The van der Waals surface area contributed by atoms with Crippen LogP contribution in [0.2, 0.25) is 0 Å². The van der Waals surface area contributed by atoms with Crippen LogP contribution in [0.25, 0.3) is 0 Å². The molecule has 1 fully saturated rings. The molecule has 1 saturated heterocycles. The lowest BCUT2D eigenvalue weighted by Gasteiger charge is -2.34. The largest absolute Gasteiger partial charge is 0.360 e. The van der Waals surface area contributed by atoms with E-state index in [1.54, 1.807) is 11.3 Å². The van der Waals surface area contributed by atoms with E-state index in [9.17, 15) is 4.79 Å². The average molecular weight is 320 g/mol. The Labute approximate surface area is 133 Å². The van der Waals surface area contributed by atoms with Crippen molar-refractivity contribution in [2.24, 2.45) is 0 Å². The molecule has 1 aliphatic rings. The van der Waals surface area contributed by atoms with Gasteiger partial charge >= 0.3 is 0 Å². The van der Waals surface area contributed by atoms with Crippen molar-refractivity contribution in [2.45, 2.75) is 26.7 Å². The highest BCUT2D eigenvalue weighted by Gasteiger charge is 2.29. The van der Waals surface area contributed by atoms with Crippen molar-refractivity contribution in [3.05, 3.63) is 28.6 Å². The molecule has 3 rings (SSSR count). The van der Waals surface area contributed by atoms with Crippen molar-refractivity contribution in [2.75, 3.05) is 31.1 Å². The van der Waals surface area contributed by atoms with Crippen LogP contribution in [-0.2, 0) is 0 Å². The van der Waals surface area contributed by atoms with Crippen molar-refractivity contribution in [1.29, 1.82) is 0 Å². The summed E-state index contributed by atoms with van der Waals surface area (Å²) in [6.07, 6.45) is 1.81. The van der Waals surface area contributed by atoms with Crippen LogP contribution in [0.3, 0.4) is 0 Å². The number of carbonyl (C=O) groups excluding carboxylic acids is 1.